The Hall–Kier alpha value is -1.52. The van der Waals surface area contributed by atoms with Crippen LogP contribution in [-0.4, -0.2) is 29.3 Å². The molecule has 5 nitrogen and oxygen atoms in total. The Morgan fingerprint density at radius 2 is 2.14 bits per heavy atom. The van der Waals surface area contributed by atoms with Gasteiger partial charge in [-0.2, -0.15) is 5.10 Å². The predicted molar refractivity (Wildman–Crippen MR) is 54.5 cm³/mol. The van der Waals surface area contributed by atoms with Crippen molar-refractivity contribution in [3.8, 4) is 0 Å². The number of fused-ring (bicyclic) bond motifs is 1. The monoisotopic (exact) mass is 194 g/mol. The molecule has 0 aromatic carbocycles. The Morgan fingerprint density at radius 3 is 2.86 bits per heavy atom. The summed E-state index contributed by atoms with van der Waals surface area (Å²) in [7, 11) is 3.86. The Kier molecular flexibility index (Phi) is 1.94. The molecule has 0 aliphatic carbocycles. The molecular formula is C9H14N4O. The number of rotatable bonds is 0. The minimum atomic E-state index is 0.0618. The summed E-state index contributed by atoms with van der Waals surface area (Å²) >= 11 is 0. The summed E-state index contributed by atoms with van der Waals surface area (Å²) in [5.74, 6) is 1.04. The Bertz CT molecular complexity index is 382. The van der Waals surface area contributed by atoms with E-state index in [1.54, 1.807) is 4.68 Å². The van der Waals surface area contributed by atoms with Crippen molar-refractivity contribution in [3.05, 3.63) is 5.69 Å². The van der Waals surface area contributed by atoms with Crippen LogP contribution in [0, 0.1) is 6.92 Å². The van der Waals surface area contributed by atoms with Crippen LogP contribution in [0.3, 0.4) is 0 Å². The van der Waals surface area contributed by atoms with Gasteiger partial charge < -0.3 is 10.2 Å². The summed E-state index contributed by atoms with van der Waals surface area (Å²) < 4.78 is 1.80. The quantitative estimate of drug-likeness (QED) is 0.654. The van der Waals surface area contributed by atoms with Gasteiger partial charge in [0.05, 0.1) is 5.69 Å². The molecule has 1 aliphatic rings. The van der Waals surface area contributed by atoms with Gasteiger partial charge in [-0.15, -0.1) is 0 Å². The van der Waals surface area contributed by atoms with E-state index in [4.69, 9.17) is 0 Å². The zero-order valence-electron chi connectivity index (χ0n) is 8.66. The maximum Gasteiger partial charge on any atom is 0.226 e. The number of carbonyl (C=O) groups is 1. The van der Waals surface area contributed by atoms with Gasteiger partial charge in [-0.25, -0.2) is 0 Å². The first-order chi connectivity index (χ1) is 6.59. The van der Waals surface area contributed by atoms with Crippen LogP contribution in [0.5, 0.6) is 0 Å². The number of amides is 1. The van der Waals surface area contributed by atoms with Crippen molar-refractivity contribution >= 4 is 17.4 Å². The molecule has 0 bridgehead atoms. The van der Waals surface area contributed by atoms with Crippen molar-refractivity contribution in [3.63, 3.8) is 0 Å². The van der Waals surface area contributed by atoms with Gasteiger partial charge in [0, 0.05) is 27.1 Å². The molecule has 0 radical (unpaired) electrons. The molecule has 0 fully saturated rings. The Morgan fingerprint density at radius 1 is 1.43 bits per heavy atom. The molecule has 2 rings (SSSR count). The lowest BCUT2D eigenvalue weighted by Gasteiger charge is -2.16. The van der Waals surface area contributed by atoms with E-state index in [0.717, 1.165) is 23.7 Å². The summed E-state index contributed by atoms with van der Waals surface area (Å²) in [6.45, 7) is 2.64. The molecule has 1 N–H and O–H groups in total. The predicted octanol–water partition coefficient (Wildman–Crippen LogP) is 0.507. The average Bonchev–Trinajstić information content (AvgIpc) is 2.31. The molecule has 1 amide bonds. The summed E-state index contributed by atoms with van der Waals surface area (Å²) in [4.78, 5) is 13.4. The van der Waals surface area contributed by atoms with Gasteiger partial charge in [0.15, 0.2) is 5.82 Å². The van der Waals surface area contributed by atoms with E-state index in [1.165, 1.54) is 0 Å². The molecule has 0 unspecified atom stereocenters. The summed E-state index contributed by atoms with van der Waals surface area (Å²) in [5, 5.41) is 7.16. The fraction of sp³-hybridized carbons (Fsp3) is 0.556. The Labute approximate surface area is 82.7 Å². The van der Waals surface area contributed by atoms with Crippen LogP contribution >= 0.6 is 0 Å². The van der Waals surface area contributed by atoms with E-state index < -0.39 is 0 Å². The Balaban J connectivity index is 2.54. The topological polar surface area (TPSA) is 50.2 Å². The maximum absolute atomic E-state index is 11.4. The average molecular weight is 194 g/mol. The second-order valence-corrected chi connectivity index (χ2v) is 3.63. The number of carbonyl (C=O) groups excluding carboxylic acids is 1. The molecule has 0 atom stereocenters. The largest absolute Gasteiger partial charge is 0.358 e. The molecular weight excluding hydrogens is 180 g/mol. The first kappa shape index (κ1) is 9.05. The lowest BCUT2D eigenvalue weighted by molar-refractivity contribution is -0.115. The zero-order chi connectivity index (χ0) is 10.3. The normalized spacial score (nSPS) is 16.2. The fourth-order valence-corrected chi connectivity index (χ4v) is 1.81. The maximum atomic E-state index is 11.4. The lowest BCUT2D eigenvalue weighted by atomic mass is 10.3. The standard InChI is InChI=1S/C9H14N4O/c1-6-8-9(13(3)11-6)12(2)5-4-7(14)10-8/h4-5H2,1-3H3,(H,10,14). The van der Waals surface area contributed by atoms with Gasteiger partial charge in [0.25, 0.3) is 0 Å². The number of aromatic nitrogens is 2. The molecule has 0 saturated heterocycles. The number of hydrogen-bond donors (Lipinski definition) is 1. The summed E-state index contributed by atoms with van der Waals surface area (Å²) in [5.41, 5.74) is 1.71. The van der Waals surface area contributed by atoms with Crippen molar-refractivity contribution in [1.82, 2.24) is 9.78 Å². The first-order valence-corrected chi connectivity index (χ1v) is 4.64. The van der Waals surface area contributed by atoms with Crippen molar-refractivity contribution < 1.29 is 4.79 Å². The van der Waals surface area contributed by atoms with Gasteiger partial charge in [-0.1, -0.05) is 0 Å². The molecule has 76 valence electrons. The molecule has 0 saturated carbocycles. The van der Waals surface area contributed by atoms with Gasteiger partial charge in [-0.05, 0) is 6.92 Å². The van der Waals surface area contributed by atoms with Gasteiger partial charge >= 0.3 is 0 Å². The van der Waals surface area contributed by atoms with Crippen LogP contribution in [0.1, 0.15) is 12.1 Å². The minimum Gasteiger partial charge on any atom is -0.358 e. The summed E-state index contributed by atoms with van der Waals surface area (Å²) in [6, 6.07) is 0. The second-order valence-electron chi connectivity index (χ2n) is 3.63. The first-order valence-electron chi connectivity index (χ1n) is 4.64. The number of nitrogens with one attached hydrogen (secondary N) is 1. The molecule has 14 heavy (non-hydrogen) atoms. The second kappa shape index (κ2) is 3.01. The van der Waals surface area contributed by atoms with E-state index in [-0.39, 0.29) is 5.91 Å². The van der Waals surface area contributed by atoms with Crippen molar-refractivity contribution in [1.29, 1.82) is 0 Å². The molecule has 0 spiro atoms. The highest BCUT2D eigenvalue weighted by Crippen LogP contribution is 2.29. The molecule has 1 aromatic heterocycles. The van der Waals surface area contributed by atoms with Crippen LogP contribution in [0.25, 0.3) is 0 Å². The highest BCUT2D eigenvalue weighted by Gasteiger charge is 2.22. The third kappa shape index (κ3) is 1.25. The smallest absolute Gasteiger partial charge is 0.226 e. The lowest BCUT2D eigenvalue weighted by Crippen LogP contribution is -2.21. The van der Waals surface area contributed by atoms with Crippen LogP contribution in [0.4, 0.5) is 11.5 Å². The SMILES string of the molecule is Cc1nn(C)c2c1NC(=O)CCN2C. The van der Waals surface area contributed by atoms with E-state index in [0.29, 0.717) is 6.42 Å². The van der Waals surface area contributed by atoms with Gasteiger partial charge in [0.2, 0.25) is 5.91 Å². The van der Waals surface area contributed by atoms with Crippen molar-refractivity contribution in [2.45, 2.75) is 13.3 Å². The van der Waals surface area contributed by atoms with Crippen LogP contribution < -0.4 is 10.2 Å². The van der Waals surface area contributed by atoms with Crippen LogP contribution in [0.2, 0.25) is 0 Å². The van der Waals surface area contributed by atoms with E-state index >= 15 is 0 Å². The highest BCUT2D eigenvalue weighted by molar-refractivity contribution is 5.96. The molecule has 1 aliphatic heterocycles. The fourth-order valence-electron chi connectivity index (χ4n) is 1.81. The highest BCUT2D eigenvalue weighted by atomic mass is 16.1. The van der Waals surface area contributed by atoms with Gasteiger partial charge in [-0.3, -0.25) is 9.48 Å². The summed E-state index contributed by atoms with van der Waals surface area (Å²) in [6.07, 6.45) is 0.532. The molecule has 1 aromatic rings. The number of hydrogen-bond acceptors (Lipinski definition) is 3. The van der Waals surface area contributed by atoms with Crippen molar-refractivity contribution in [2.24, 2.45) is 7.05 Å². The van der Waals surface area contributed by atoms with Crippen LogP contribution in [0.15, 0.2) is 0 Å². The zero-order valence-corrected chi connectivity index (χ0v) is 8.66. The molecule has 5 heteroatoms. The van der Waals surface area contributed by atoms with Gasteiger partial charge in [0.1, 0.15) is 5.69 Å². The number of aryl methyl sites for hydroxylation is 2. The number of anilines is 2. The van der Waals surface area contributed by atoms with Crippen molar-refractivity contribution in [2.75, 3.05) is 23.8 Å². The number of nitrogens with zero attached hydrogens (tertiary/aromatic N) is 3. The third-order valence-corrected chi connectivity index (χ3v) is 2.49. The van der Waals surface area contributed by atoms with E-state index in [1.807, 2.05) is 25.9 Å². The third-order valence-electron chi connectivity index (χ3n) is 2.49. The minimum absolute atomic E-state index is 0.0618. The van der Waals surface area contributed by atoms with E-state index in [2.05, 4.69) is 10.4 Å². The van der Waals surface area contributed by atoms with Crippen LogP contribution in [-0.2, 0) is 11.8 Å². The van der Waals surface area contributed by atoms with E-state index in [9.17, 15) is 4.79 Å². The molecule has 2 heterocycles.